The Morgan fingerprint density at radius 3 is 1.88 bits per heavy atom. The lowest BCUT2D eigenvalue weighted by Gasteiger charge is -2.28. The summed E-state index contributed by atoms with van der Waals surface area (Å²) in [5.41, 5.74) is -0.465. The molecule has 12 nitrogen and oxygen atoms in total. The number of hydrogen-bond donors (Lipinski definition) is 2. The highest BCUT2D eigenvalue weighted by Crippen LogP contribution is 2.23. The van der Waals surface area contributed by atoms with Crippen LogP contribution in [0.15, 0.2) is 35.4 Å². The third kappa shape index (κ3) is 12.3. The molecule has 0 aromatic heterocycles. The predicted octanol–water partition coefficient (Wildman–Crippen LogP) is 4.60. The number of carbonyl (C=O) groups is 4. The average Bonchev–Trinajstić information content (AvgIpc) is 2.83. The van der Waals surface area contributed by atoms with Gasteiger partial charge in [0.15, 0.2) is 0 Å². The molecule has 0 aliphatic rings. The van der Waals surface area contributed by atoms with Crippen molar-refractivity contribution >= 4 is 30.1 Å². The first kappa shape index (κ1) is 34.9. The van der Waals surface area contributed by atoms with Gasteiger partial charge in [-0.25, -0.2) is 24.1 Å². The molecule has 0 saturated carbocycles. The average molecular weight is 578 g/mol. The summed E-state index contributed by atoms with van der Waals surface area (Å²) in [5.74, 6) is -1.56. The Morgan fingerprint density at radius 1 is 0.878 bits per heavy atom. The quantitative estimate of drug-likeness (QED) is 0.141. The van der Waals surface area contributed by atoms with Crippen LogP contribution in [0.3, 0.4) is 0 Å². The van der Waals surface area contributed by atoms with Gasteiger partial charge in [0.2, 0.25) is 5.96 Å². The number of guanidine groups is 1. The zero-order valence-corrected chi connectivity index (χ0v) is 25.6. The van der Waals surface area contributed by atoms with E-state index in [1.165, 1.54) is 14.2 Å². The van der Waals surface area contributed by atoms with Crippen LogP contribution < -0.4 is 10.1 Å². The van der Waals surface area contributed by atoms with Gasteiger partial charge in [0, 0.05) is 6.42 Å². The number of amides is 2. The van der Waals surface area contributed by atoms with Crippen molar-refractivity contribution in [3.8, 4) is 5.75 Å². The smallest absolute Gasteiger partial charge is 0.417 e. The molecule has 0 spiro atoms. The molecule has 0 atom stereocenters. The Bertz CT molecular complexity index is 1130. The first-order valence-electron chi connectivity index (χ1n) is 13.1. The molecule has 0 fully saturated rings. The molecular weight excluding hydrogens is 534 g/mol. The number of nitrogens with zero attached hydrogens (tertiary/aromatic N) is 1. The number of benzene rings is 1. The molecule has 1 aromatic carbocycles. The first-order chi connectivity index (χ1) is 18.9. The highest BCUT2D eigenvalue weighted by molar-refractivity contribution is 6.01. The summed E-state index contributed by atoms with van der Waals surface area (Å²) >= 11 is 0. The number of esters is 2. The van der Waals surface area contributed by atoms with Crippen LogP contribution in [0.4, 0.5) is 9.59 Å². The van der Waals surface area contributed by atoms with Crippen molar-refractivity contribution in [1.29, 1.82) is 5.41 Å². The second-order valence-electron chi connectivity index (χ2n) is 11.3. The molecule has 0 heterocycles. The molecule has 228 valence electrons. The Labute approximate surface area is 241 Å². The Morgan fingerprint density at radius 2 is 1.41 bits per heavy atom. The van der Waals surface area contributed by atoms with Crippen molar-refractivity contribution < 1.29 is 42.9 Å². The van der Waals surface area contributed by atoms with Crippen molar-refractivity contribution in [3.05, 3.63) is 41.0 Å². The summed E-state index contributed by atoms with van der Waals surface area (Å²) in [6.45, 7) is 13.5. The van der Waals surface area contributed by atoms with Gasteiger partial charge in [-0.3, -0.25) is 10.7 Å². The summed E-state index contributed by atoms with van der Waals surface area (Å²) < 4.78 is 26.1. The molecule has 1 rings (SSSR count). The number of methoxy groups -OCH3 is 2. The lowest BCUT2D eigenvalue weighted by atomic mass is 9.93. The maximum Gasteiger partial charge on any atom is 0.417 e. The number of rotatable bonds is 9. The van der Waals surface area contributed by atoms with E-state index < -0.39 is 41.3 Å². The molecular formula is C29H43N3O9. The highest BCUT2D eigenvalue weighted by Gasteiger charge is 2.28. The molecule has 12 heteroatoms. The fourth-order valence-electron chi connectivity index (χ4n) is 3.46. The first-order valence-corrected chi connectivity index (χ1v) is 13.1. The minimum absolute atomic E-state index is 0.0376. The molecule has 1 aromatic rings. The summed E-state index contributed by atoms with van der Waals surface area (Å²) in [4.78, 5) is 50.6. The minimum Gasteiger partial charge on any atom is -0.492 e. The van der Waals surface area contributed by atoms with E-state index in [4.69, 9.17) is 29.1 Å². The molecule has 0 radical (unpaired) electrons. The molecule has 2 amide bonds. The minimum atomic E-state index is -0.888. The van der Waals surface area contributed by atoms with Gasteiger partial charge in [0.1, 0.15) is 23.6 Å². The van der Waals surface area contributed by atoms with Crippen molar-refractivity contribution in [1.82, 2.24) is 10.2 Å². The van der Waals surface area contributed by atoms with Crippen LogP contribution in [0.1, 0.15) is 61.0 Å². The van der Waals surface area contributed by atoms with E-state index in [1.807, 2.05) is 0 Å². The number of hydrogen-bond acceptors (Lipinski definition) is 10. The van der Waals surface area contributed by atoms with E-state index in [-0.39, 0.29) is 36.6 Å². The molecule has 0 saturated heterocycles. The Hall–Kier alpha value is -4.09. The van der Waals surface area contributed by atoms with Crippen LogP contribution >= 0.6 is 0 Å². The Kier molecular flexibility index (Phi) is 12.8. The van der Waals surface area contributed by atoms with Crippen LogP contribution in [-0.4, -0.2) is 73.6 Å². The van der Waals surface area contributed by atoms with Crippen LogP contribution in [0.2, 0.25) is 0 Å². The SMILES string of the molecule is COC(=O)/C(Cc1ccc(OCCN(C(=N)NC(=O)OC(C)(C)C)C(=O)OC(C)(C)C)cc1)=C(\C(=O)OC)C(C)C. The van der Waals surface area contributed by atoms with E-state index in [9.17, 15) is 19.2 Å². The molecule has 0 unspecified atom stereocenters. The van der Waals surface area contributed by atoms with Crippen LogP contribution in [0.25, 0.3) is 0 Å². The van der Waals surface area contributed by atoms with Crippen LogP contribution in [-0.2, 0) is 35.0 Å². The fraction of sp³-hybridized carbons (Fsp3) is 0.552. The largest absolute Gasteiger partial charge is 0.492 e. The van der Waals surface area contributed by atoms with Gasteiger partial charge in [0.05, 0.1) is 31.9 Å². The van der Waals surface area contributed by atoms with Gasteiger partial charge >= 0.3 is 24.1 Å². The second-order valence-corrected chi connectivity index (χ2v) is 11.3. The maximum absolute atomic E-state index is 12.7. The highest BCUT2D eigenvalue weighted by atomic mass is 16.6. The van der Waals surface area contributed by atoms with Crippen molar-refractivity contribution in [2.75, 3.05) is 27.4 Å². The normalized spacial score (nSPS) is 12.1. The molecule has 41 heavy (non-hydrogen) atoms. The van der Waals surface area contributed by atoms with Crippen molar-refractivity contribution in [3.63, 3.8) is 0 Å². The van der Waals surface area contributed by atoms with Gasteiger partial charge in [-0.05, 0) is 65.2 Å². The zero-order valence-electron chi connectivity index (χ0n) is 25.6. The second kappa shape index (κ2) is 15.1. The topological polar surface area (TPSA) is 154 Å². The van der Waals surface area contributed by atoms with Crippen molar-refractivity contribution in [2.45, 2.75) is 73.0 Å². The summed E-state index contributed by atoms with van der Waals surface area (Å²) in [6, 6.07) is 6.79. The number of ether oxygens (including phenoxy) is 5. The summed E-state index contributed by atoms with van der Waals surface area (Å²) in [5, 5.41) is 10.5. The standard InChI is InChI=1S/C29H43N3O9/c1-18(2)22(24(34)38-10)21(23(33)37-9)17-19-11-13-20(14-12-19)39-16-15-32(27(36)41-29(6,7)8)25(30)31-26(35)40-28(3,4)5/h11-14,18H,15-17H2,1-10H3,(H2,30,31,35)/b22-21-. The number of carbonyl (C=O) groups excluding carboxylic acids is 4. The van der Waals surface area contributed by atoms with Gasteiger partial charge in [-0.1, -0.05) is 26.0 Å². The molecule has 0 aliphatic carbocycles. The number of nitrogens with one attached hydrogen (secondary N) is 2. The van der Waals surface area contributed by atoms with Gasteiger partial charge in [0.25, 0.3) is 0 Å². The summed E-state index contributed by atoms with van der Waals surface area (Å²) in [6.07, 6.45) is -1.60. The van der Waals surface area contributed by atoms with Crippen molar-refractivity contribution in [2.24, 2.45) is 5.92 Å². The maximum atomic E-state index is 12.7. The van der Waals surface area contributed by atoms with Gasteiger partial charge < -0.3 is 23.7 Å². The van der Waals surface area contributed by atoms with E-state index in [1.54, 1.807) is 79.7 Å². The van der Waals surface area contributed by atoms with E-state index in [0.29, 0.717) is 5.75 Å². The van der Waals surface area contributed by atoms with Gasteiger partial charge in [-0.15, -0.1) is 0 Å². The third-order valence-corrected chi connectivity index (χ3v) is 5.13. The van der Waals surface area contributed by atoms with Gasteiger partial charge in [-0.2, -0.15) is 0 Å². The predicted molar refractivity (Wildman–Crippen MR) is 152 cm³/mol. The summed E-state index contributed by atoms with van der Waals surface area (Å²) in [7, 11) is 2.50. The zero-order chi connectivity index (χ0) is 31.5. The fourth-order valence-corrected chi connectivity index (χ4v) is 3.46. The lowest BCUT2D eigenvalue weighted by molar-refractivity contribution is -0.139. The molecule has 0 aliphatic heterocycles. The van der Waals surface area contributed by atoms with Crippen LogP contribution in [0.5, 0.6) is 5.75 Å². The monoisotopic (exact) mass is 577 g/mol. The van der Waals surface area contributed by atoms with E-state index in [0.717, 1.165) is 10.5 Å². The third-order valence-electron chi connectivity index (χ3n) is 5.13. The van der Waals surface area contributed by atoms with Crippen LogP contribution in [0, 0.1) is 11.3 Å². The molecule has 0 bridgehead atoms. The number of alkyl carbamates (subject to hydrolysis) is 1. The Balaban J connectivity index is 3.02. The lowest BCUT2D eigenvalue weighted by Crippen LogP contribution is -2.50. The van der Waals surface area contributed by atoms with E-state index in [2.05, 4.69) is 5.32 Å². The molecule has 2 N–H and O–H groups in total. The van der Waals surface area contributed by atoms with E-state index >= 15 is 0 Å².